The number of carbonyl (C=O) groups excluding carboxylic acids is 2. The van der Waals surface area contributed by atoms with Crippen LogP contribution in [0.1, 0.15) is 16.1 Å². The van der Waals surface area contributed by atoms with Crippen LogP contribution in [0, 0.1) is 5.82 Å². The van der Waals surface area contributed by atoms with Gasteiger partial charge in [0.15, 0.2) is 10.4 Å². The van der Waals surface area contributed by atoms with E-state index in [1.165, 1.54) is 12.1 Å². The Morgan fingerprint density at radius 3 is 2.21 bits per heavy atom. The Morgan fingerprint density at radius 2 is 1.62 bits per heavy atom. The summed E-state index contributed by atoms with van der Waals surface area (Å²) in [4.78, 5) is 28.0. The monoisotopic (exact) mass is 394 g/mol. The maximum Gasteiger partial charge on any atom is 0.289 e. The van der Waals surface area contributed by atoms with Crippen LogP contribution in [0.3, 0.4) is 0 Å². The fourth-order valence-electron chi connectivity index (χ4n) is 2.63. The van der Waals surface area contributed by atoms with Gasteiger partial charge in [-0.3, -0.25) is 9.59 Å². The Kier molecular flexibility index (Phi) is 4.99. The van der Waals surface area contributed by atoms with E-state index < -0.39 is 0 Å². The van der Waals surface area contributed by atoms with Crippen molar-refractivity contribution >= 4 is 27.7 Å². The molecule has 126 valence electrons. The lowest BCUT2D eigenvalue weighted by Crippen LogP contribution is -2.50. The molecule has 2 aromatic rings. The molecule has 0 atom stereocenters. The van der Waals surface area contributed by atoms with E-state index >= 15 is 0 Å². The highest BCUT2D eigenvalue weighted by atomic mass is 79.9. The molecule has 2 amide bonds. The van der Waals surface area contributed by atoms with Gasteiger partial charge in [0.2, 0.25) is 5.91 Å². The van der Waals surface area contributed by atoms with Crippen LogP contribution in [-0.4, -0.2) is 47.8 Å². The number of carbonyl (C=O) groups is 2. The minimum absolute atomic E-state index is 0.0190. The van der Waals surface area contributed by atoms with Gasteiger partial charge in [0, 0.05) is 26.2 Å². The zero-order chi connectivity index (χ0) is 17.1. The average Bonchev–Trinajstić information content (AvgIpc) is 3.03. The number of hydrogen-bond donors (Lipinski definition) is 0. The first-order chi connectivity index (χ1) is 11.5. The third-order valence-corrected chi connectivity index (χ3v) is 4.40. The molecule has 7 heteroatoms. The van der Waals surface area contributed by atoms with E-state index in [1.807, 2.05) is 0 Å². The van der Waals surface area contributed by atoms with Crippen molar-refractivity contribution in [3.8, 4) is 0 Å². The molecular formula is C17H16BrFN2O3. The molecule has 1 aromatic carbocycles. The van der Waals surface area contributed by atoms with Gasteiger partial charge >= 0.3 is 0 Å². The van der Waals surface area contributed by atoms with Gasteiger partial charge in [-0.2, -0.15) is 0 Å². The maximum absolute atomic E-state index is 12.9. The summed E-state index contributed by atoms with van der Waals surface area (Å²) in [5.74, 6) is -0.225. The highest BCUT2D eigenvalue weighted by molar-refractivity contribution is 9.10. The lowest BCUT2D eigenvalue weighted by molar-refractivity contribution is -0.131. The number of benzene rings is 1. The van der Waals surface area contributed by atoms with Crippen molar-refractivity contribution < 1.29 is 18.4 Å². The summed E-state index contributed by atoms with van der Waals surface area (Å²) >= 11 is 3.18. The second kappa shape index (κ2) is 7.17. The van der Waals surface area contributed by atoms with Gasteiger partial charge in [-0.1, -0.05) is 12.1 Å². The van der Waals surface area contributed by atoms with E-state index in [0.29, 0.717) is 30.8 Å². The van der Waals surface area contributed by atoms with Crippen LogP contribution in [0.15, 0.2) is 45.5 Å². The molecule has 24 heavy (non-hydrogen) atoms. The lowest BCUT2D eigenvalue weighted by Gasteiger charge is -2.34. The summed E-state index contributed by atoms with van der Waals surface area (Å²) in [5.41, 5.74) is 0.778. The number of piperazine rings is 1. The van der Waals surface area contributed by atoms with Gasteiger partial charge in [-0.05, 0) is 45.8 Å². The van der Waals surface area contributed by atoms with Crippen LogP contribution in [0.4, 0.5) is 4.39 Å². The number of nitrogens with zero attached hydrogens (tertiary/aromatic N) is 2. The molecule has 0 bridgehead atoms. The number of rotatable bonds is 3. The predicted octanol–water partition coefficient (Wildman–Crippen LogP) is 2.71. The Balaban J connectivity index is 1.53. The Labute approximate surface area is 147 Å². The van der Waals surface area contributed by atoms with Crippen LogP contribution in [0.2, 0.25) is 0 Å². The van der Waals surface area contributed by atoms with Crippen LogP contribution in [-0.2, 0) is 11.2 Å². The van der Waals surface area contributed by atoms with Crippen LogP contribution >= 0.6 is 15.9 Å². The highest BCUT2D eigenvalue weighted by Gasteiger charge is 2.26. The smallest absolute Gasteiger partial charge is 0.289 e. The number of hydrogen-bond acceptors (Lipinski definition) is 3. The van der Waals surface area contributed by atoms with Crippen LogP contribution in [0.5, 0.6) is 0 Å². The summed E-state index contributed by atoms with van der Waals surface area (Å²) in [6.45, 7) is 1.89. The van der Waals surface area contributed by atoms with Gasteiger partial charge in [0.1, 0.15) is 5.82 Å². The molecule has 0 radical (unpaired) electrons. The summed E-state index contributed by atoms with van der Waals surface area (Å²) < 4.78 is 18.7. The first-order valence-electron chi connectivity index (χ1n) is 7.60. The quantitative estimate of drug-likeness (QED) is 0.803. The van der Waals surface area contributed by atoms with Gasteiger partial charge in [0.25, 0.3) is 5.91 Å². The average molecular weight is 395 g/mol. The van der Waals surface area contributed by atoms with Crippen molar-refractivity contribution in [1.29, 1.82) is 0 Å². The second-order valence-electron chi connectivity index (χ2n) is 5.58. The van der Waals surface area contributed by atoms with Gasteiger partial charge < -0.3 is 14.2 Å². The number of halogens is 2. The fourth-order valence-corrected chi connectivity index (χ4v) is 2.94. The van der Waals surface area contributed by atoms with E-state index in [2.05, 4.69) is 15.9 Å². The molecule has 1 aromatic heterocycles. The zero-order valence-electron chi connectivity index (χ0n) is 12.9. The third-order valence-electron chi connectivity index (χ3n) is 3.97. The molecule has 0 N–H and O–H groups in total. The summed E-state index contributed by atoms with van der Waals surface area (Å²) in [7, 11) is 0. The number of amides is 2. The minimum atomic E-state index is -0.317. The van der Waals surface area contributed by atoms with Crippen LogP contribution in [0.25, 0.3) is 0 Å². The second-order valence-corrected chi connectivity index (χ2v) is 6.36. The molecule has 1 saturated heterocycles. The molecule has 1 fully saturated rings. The summed E-state index contributed by atoms with van der Waals surface area (Å²) in [6, 6.07) is 9.22. The maximum atomic E-state index is 12.9. The Morgan fingerprint density at radius 1 is 1.00 bits per heavy atom. The SMILES string of the molecule is O=C(Cc1ccc(F)cc1)N1CCN(C(=O)c2ccc(Br)o2)CC1. The van der Waals surface area contributed by atoms with Crippen molar-refractivity contribution in [1.82, 2.24) is 9.80 Å². The van der Waals surface area contributed by atoms with E-state index in [1.54, 1.807) is 34.1 Å². The zero-order valence-corrected chi connectivity index (χ0v) is 14.5. The van der Waals surface area contributed by atoms with Crippen molar-refractivity contribution in [3.05, 3.63) is 58.2 Å². The fraction of sp³-hybridized carbons (Fsp3) is 0.294. The van der Waals surface area contributed by atoms with Crippen LogP contribution < -0.4 is 0 Å². The third kappa shape index (κ3) is 3.84. The van der Waals surface area contributed by atoms with Gasteiger partial charge in [-0.25, -0.2) is 4.39 Å². The molecular weight excluding hydrogens is 379 g/mol. The van der Waals surface area contributed by atoms with E-state index in [9.17, 15) is 14.0 Å². The van der Waals surface area contributed by atoms with Crippen molar-refractivity contribution in [3.63, 3.8) is 0 Å². The van der Waals surface area contributed by atoms with E-state index in [0.717, 1.165) is 5.56 Å². The number of furan rings is 1. The molecule has 5 nitrogen and oxygen atoms in total. The summed E-state index contributed by atoms with van der Waals surface area (Å²) in [5, 5.41) is 0. The standard InChI is InChI=1S/C17H16BrFN2O3/c18-15-6-5-14(24-15)17(23)21-9-7-20(8-10-21)16(22)11-12-1-3-13(19)4-2-12/h1-6H,7-11H2. The molecule has 2 heterocycles. The van der Waals surface area contributed by atoms with Gasteiger partial charge in [0.05, 0.1) is 6.42 Å². The van der Waals surface area contributed by atoms with Gasteiger partial charge in [-0.15, -0.1) is 0 Å². The molecule has 0 spiro atoms. The Hall–Kier alpha value is -2.15. The minimum Gasteiger partial charge on any atom is -0.444 e. The van der Waals surface area contributed by atoms with E-state index in [4.69, 9.17) is 4.42 Å². The molecule has 0 aliphatic carbocycles. The molecule has 3 rings (SSSR count). The normalized spacial score (nSPS) is 14.8. The molecule has 0 unspecified atom stereocenters. The van der Waals surface area contributed by atoms with Crippen molar-refractivity contribution in [2.45, 2.75) is 6.42 Å². The lowest BCUT2D eigenvalue weighted by atomic mass is 10.1. The first kappa shape index (κ1) is 16.7. The van der Waals surface area contributed by atoms with E-state index in [-0.39, 0.29) is 29.8 Å². The Bertz CT molecular complexity index is 737. The predicted molar refractivity (Wildman–Crippen MR) is 89.0 cm³/mol. The topological polar surface area (TPSA) is 53.8 Å². The molecule has 1 aliphatic heterocycles. The highest BCUT2D eigenvalue weighted by Crippen LogP contribution is 2.17. The summed E-state index contributed by atoms with van der Waals surface area (Å²) in [6.07, 6.45) is 0.235. The largest absolute Gasteiger partial charge is 0.444 e. The van der Waals surface area contributed by atoms with Crippen molar-refractivity contribution in [2.24, 2.45) is 0 Å². The first-order valence-corrected chi connectivity index (χ1v) is 8.39. The molecule has 0 saturated carbocycles. The van der Waals surface area contributed by atoms with Crippen molar-refractivity contribution in [2.75, 3.05) is 26.2 Å². The molecule has 1 aliphatic rings.